The van der Waals surface area contributed by atoms with Crippen LogP contribution >= 0.6 is 0 Å². The molecule has 0 bridgehead atoms. The van der Waals surface area contributed by atoms with Crippen LogP contribution in [0.15, 0.2) is 54.6 Å². The second-order valence-electron chi connectivity index (χ2n) is 5.22. The van der Waals surface area contributed by atoms with E-state index in [0.29, 0.717) is 12.0 Å². The topological polar surface area (TPSA) is 21.3 Å². The maximum absolute atomic E-state index is 5.20. The van der Waals surface area contributed by atoms with Gasteiger partial charge in [0.2, 0.25) is 0 Å². The summed E-state index contributed by atoms with van der Waals surface area (Å²) in [7, 11) is 1.70. The molecule has 0 unspecified atom stereocenters. The number of nitrogens with one attached hydrogen (secondary N) is 1. The monoisotopic (exact) mass is 269 g/mol. The average Bonchev–Trinajstić information content (AvgIpc) is 2.53. The van der Waals surface area contributed by atoms with Crippen molar-refractivity contribution in [1.29, 1.82) is 0 Å². The Morgan fingerprint density at radius 2 is 1.60 bits per heavy atom. The third-order valence-electron chi connectivity index (χ3n) is 3.86. The maximum atomic E-state index is 5.20. The van der Waals surface area contributed by atoms with Gasteiger partial charge in [-0.15, -0.1) is 0 Å². The Labute approximate surface area is 121 Å². The lowest BCUT2D eigenvalue weighted by Gasteiger charge is -2.22. The largest absolute Gasteiger partial charge is 0.497 e. The first-order valence-corrected chi connectivity index (χ1v) is 7.12. The molecule has 20 heavy (non-hydrogen) atoms. The molecule has 0 fully saturated rings. The molecule has 2 atom stereocenters. The predicted molar refractivity (Wildman–Crippen MR) is 84.2 cm³/mol. The van der Waals surface area contributed by atoms with E-state index in [1.54, 1.807) is 7.11 Å². The van der Waals surface area contributed by atoms with E-state index in [1.165, 1.54) is 11.1 Å². The second kappa shape index (κ2) is 7.11. The highest BCUT2D eigenvalue weighted by molar-refractivity contribution is 5.29. The van der Waals surface area contributed by atoms with Gasteiger partial charge in [-0.2, -0.15) is 0 Å². The summed E-state index contributed by atoms with van der Waals surface area (Å²) in [6.45, 7) is 5.39. The number of methoxy groups -OCH3 is 1. The molecule has 2 nitrogen and oxygen atoms in total. The number of rotatable bonds is 6. The summed E-state index contributed by atoms with van der Waals surface area (Å²) in [4.78, 5) is 0. The molecule has 0 aliphatic heterocycles. The van der Waals surface area contributed by atoms with Gasteiger partial charge in [0.05, 0.1) is 7.11 Å². The number of hydrogen-bond donors (Lipinski definition) is 1. The van der Waals surface area contributed by atoms with Crippen LogP contribution in [0.5, 0.6) is 5.75 Å². The number of hydrogen-bond acceptors (Lipinski definition) is 2. The third kappa shape index (κ3) is 3.84. The summed E-state index contributed by atoms with van der Waals surface area (Å²) in [6.07, 6.45) is 0. The molecule has 2 rings (SSSR count). The van der Waals surface area contributed by atoms with E-state index in [2.05, 4.69) is 55.6 Å². The Kier molecular flexibility index (Phi) is 5.19. The van der Waals surface area contributed by atoms with Crippen LogP contribution in [0.25, 0.3) is 0 Å². The van der Waals surface area contributed by atoms with Crippen molar-refractivity contribution < 1.29 is 4.74 Å². The molecule has 1 N–H and O–H groups in total. The molecule has 0 spiro atoms. The number of benzene rings is 2. The van der Waals surface area contributed by atoms with E-state index < -0.39 is 0 Å². The van der Waals surface area contributed by atoms with Crippen molar-refractivity contribution in [3.63, 3.8) is 0 Å². The summed E-state index contributed by atoms with van der Waals surface area (Å²) in [6, 6.07) is 19.3. The molecule has 0 saturated heterocycles. The Hall–Kier alpha value is -1.80. The Balaban J connectivity index is 1.92. The van der Waals surface area contributed by atoms with Crippen molar-refractivity contribution in [3.8, 4) is 5.75 Å². The Morgan fingerprint density at radius 1 is 0.950 bits per heavy atom. The maximum Gasteiger partial charge on any atom is 0.118 e. The number of ether oxygens (including phenoxy) is 1. The molecule has 0 radical (unpaired) electrons. The van der Waals surface area contributed by atoms with Gasteiger partial charge < -0.3 is 10.1 Å². The van der Waals surface area contributed by atoms with Gasteiger partial charge in [0.15, 0.2) is 0 Å². The zero-order valence-electron chi connectivity index (χ0n) is 12.5. The summed E-state index contributed by atoms with van der Waals surface area (Å²) < 4.78 is 5.20. The summed E-state index contributed by atoms with van der Waals surface area (Å²) in [5, 5.41) is 3.59. The zero-order chi connectivity index (χ0) is 14.4. The first-order valence-electron chi connectivity index (χ1n) is 7.12. The van der Waals surface area contributed by atoms with Crippen molar-refractivity contribution in [2.24, 2.45) is 0 Å². The smallest absolute Gasteiger partial charge is 0.118 e. The lowest BCUT2D eigenvalue weighted by atomic mass is 9.94. The molecule has 0 saturated carbocycles. The van der Waals surface area contributed by atoms with E-state index in [-0.39, 0.29) is 0 Å². The highest BCUT2D eigenvalue weighted by Crippen LogP contribution is 2.22. The van der Waals surface area contributed by atoms with E-state index in [0.717, 1.165) is 12.3 Å². The zero-order valence-corrected chi connectivity index (χ0v) is 12.5. The molecule has 0 aromatic heterocycles. The van der Waals surface area contributed by atoms with Crippen molar-refractivity contribution in [2.75, 3.05) is 7.11 Å². The fourth-order valence-electron chi connectivity index (χ4n) is 2.25. The minimum atomic E-state index is 0.420. The van der Waals surface area contributed by atoms with Crippen molar-refractivity contribution in [3.05, 3.63) is 65.7 Å². The van der Waals surface area contributed by atoms with Crippen LogP contribution in [-0.4, -0.2) is 13.2 Å². The van der Waals surface area contributed by atoms with Crippen molar-refractivity contribution in [2.45, 2.75) is 32.4 Å². The van der Waals surface area contributed by atoms with Crippen LogP contribution in [0.1, 0.15) is 30.9 Å². The standard InChI is InChI=1S/C18H23NO/c1-14(17-9-11-18(20-3)12-10-17)15(2)19-13-16-7-5-4-6-8-16/h4-12,14-15,19H,13H2,1-3H3/t14-,15-/m0/s1. The predicted octanol–water partition coefficient (Wildman–Crippen LogP) is 3.98. The molecule has 2 aromatic carbocycles. The van der Waals surface area contributed by atoms with Crippen LogP contribution in [0.3, 0.4) is 0 Å². The van der Waals surface area contributed by atoms with Crippen molar-refractivity contribution >= 4 is 0 Å². The van der Waals surface area contributed by atoms with Gasteiger partial charge >= 0.3 is 0 Å². The van der Waals surface area contributed by atoms with Gasteiger partial charge in [-0.25, -0.2) is 0 Å². The molecule has 2 aromatic rings. The summed E-state index contributed by atoms with van der Waals surface area (Å²) in [5.41, 5.74) is 2.65. The van der Waals surface area contributed by atoms with Crippen molar-refractivity contribution in [1.82, 2.24) is 5.32 Å². The molecule has 0 amide bonds. The van der Waals surface area contributed by atoms with Gasteiger partial charge in [0, 0.05) is 12.6 Å². The van der Waals surface area contributed by atoms with Crippen LogP contribution < -0.4 is 10.1 Å². The van der Waals surface area contributed by atoms with Gasteiger partial charge in [-0.05, 0) is 36.1 Å². The fraction of sp³-hybridized carbons (Fsp3) is 0.333. The lowest BCUT2D eigenvalue weighted by molar-refractivity contribution is 0.414. The highest BCUT2D eigenvalue weighted by atomic mass is 16.5. The van der Waals surface area contributed by atoms with Gasteiger partial charge in [-0.3, -0.25) is 0 Å². The minimum Gasteiger partial charge on any atom is -0.497 e. The van der Waals surface area contributed by atoms with Crippen LogP contribution in [0.4, 0.5) is 0 Å². The first-order chi connectivity index (χ1) is 9.70. The molecular weight excluding hydrogens is 246 g/mol. The SMILES string of the molecule is COc1ccc([C@@H](C)[C@H](C)NCc2ccccc2)cc1. The molecule has 106 valence electrons. The molecular formula is C18H23NO. The fourth-order valence-corrected chi connectivity index (χ4v) is 2.25. The summed E-state index contributed by atoms with van der Waals surface area (Å²) >= 11 is 0. The van der Waals surface area contributed by atoms with E-state index in [4.69, 9.17) is 4.74 Å². The molecule has 0 aliphatic rings. The molecule has 2 heteroatoms. The highest BCUT2D eigenvalue weighted by Gasteiger charge is 2.13. The van der Waals surface area contributed by atoms with Gasteiger partial charge in [-0.1, -0.05) is 49.4 Å². The van der Waals surface area contributed by atoms with Crippen LogP contribution in [0.2, 0.25) is 0 Å². The second-order valence-corrected chi connectivity index (χ2v) is 5.22. The van der Waals surface area contributed by atoms with Gasteiger partial charge in [0.1, 0.15) is 5.75 Å². The summed E-state index contributed by atoms with van der Waals surface area (Å²) in [5.74, 6) is 1.37. The molecule has 0 aliphatic carbocycles. The minimum absolute atomic E-state index is 0.420. The van der Waals surface area contributed by atoms with Crippen LogP contribution in [-0.2, 0) is 6.54 Å². The Morgan fingerprint density at radius 3 is 2.20 bits per heavy atom. The third-order valence-corrected chi connectivity index (χ3v) is 3.86. The van der Waals surface area contributed by atoms with E-state index in [9.17, 15) is 0 Å². The normalized spacial score (nSPS) is 13.8. The van der Waals surface area contributed by atoms with E-state index >= 15 is 0 Å². The van der Waals surface area contributed by atoms with E-state index in [1.807, 2.05) is 18.2 Å². The Bertz CT molecular complexity index is 507. The van der Waals surface area contributed by atoms with Gasteiger partial charge in [0.25, 0.3) is 0 Å². The average molecular weight is 269 g/mol. The quantitative estimate of drug-likeness (QED) is 0.856. The first kappa shape index (κ1) is 14.6. The molecule has 0 heterocycles. The lowest BCUT2D eigenvalue weighted by Crippen LogP contribution is -2.30. The van der Waals surface area contributed by atoms with Crippen LogP contribution in [0, 0.1) is 0 Å².